The van der Waals surface area contributed by atoms with Crippen LogP contribution in [0.5, 0.6) is 0 Å². The quantitative estimate of drug-likeness (QED) is 0.0322. The van der Waals surface area contributed by atoms with E-state index in [2.05, 4.69) is 86.8 Å². The van der Waals surface area contributed by atoms with E-state index in [-0.39, 0.29) is 24.9 Å². The van der Waals surface area contributed by atoms with Crippen LogP contribution in [-0.2, 0) is 14.3 Å². The van der Waals surface area contributed by atoms with E-state index in [1.807, 2.05) is 36.5 Å². The highest BCUT2D eigenvalue weighted by Crippen LogP contribution is 2.17. The van der Waals surface area contributed by atoms with Crippen molar-refractivity contribution < 1.29 is 24.5 Å². The number of allylic oxidation sites excluding steroid dienone is 16. The van der Waals surface area contributed by atoms with E-state index in [0.29, 0.717) is 19.3 Å². The van der Waals surface area contributed by atoms with Gasteiger partial charge in [0.15, 0.2) is 0 Å². The second-order valence-electron chi connectivity index (χ2n) is 17.0. The number of rotatable bonds is 44. The average Bonchev–Trinajstić information content (AvgIpc) is 3.26. The second-order valence-corrected chi connectivity index (χ2v) is 17.0. The number of esters is 1. The number of carbonyl (C=O) groups is 2. The molecule has 6 heteroatoms. The molecule has 0 aliphatic carbocycles. The molecular weight excluding hydrogens is 767 g/mol. The first-order valence-corrected chi connectivity index (χ1v) is 25.6. The molecule has 6 nitrogen and oxygen atoms in total. The van der Waals surface area contributed by atoms with Gasteiger partial charge in [-0.15, -0.1) is 0 Å². The number of unbranched alkanes of at least 4 members (excludes halogenated alkanes) is 22. The number of nitrogens with one attached hydrogen (secondary N) is 1. The normalized spacial score (nSPS) is 14.1. The maximum absolute atomic E-state index is 13.2. The predicted molar refractivity (Wildman–Crippen MR) is 268 cm³/mol. The number of carbonyl (C=O) groups excluding carboxylic acids is 2. The van der Waals surface area contributed by atoms with Crippen molar-refractivity contribution in [2.24, 2.45) is 0 Å². The summed E-state index contributed by atoms with van der Waals surface area (Å²) in [6, 6.07) is -0.723. The zero-order valence-corrected chi connectivity index (χ0v) is 40.2. The summed E-state index contributed by atoms with van der Waals surface area (Å²) >= 11 is 0. The summed E-state index contributed by atoms with van der Waals surface area (Å²) in [6.07, 6.45) is 64.6. The lowest BCUT2D eigenvalue weighted by Crippen LogP contribution is -2.46. The zero-order valence-electron chi connectivity index (χ0n) is 40.2. The van der Waals surface area contributed by atoms with Crippen LogP contribution in [0.1, 0.15) is 220 Å². The smallest absolute Gasteiger partial charge is 0.306 e. The molecule has 0 fully saturated rings. The van der Waals surface area contributed by atoms with Crippen molar-refractivity contribution in [2.45, 2.75) is 238 Å². The minimum absolute atomic E-state index is 0.0391. The number of ether oxygens (including phenoxy) is 1. The van der Waals surface area contributed by atoms with Crippen LogP contribution in [0.2, 0.25) is 0 Å². The first-order valence-electron chi connectivity index (χ1n) is 25.6. The average molecular weight is 862 g/mol. The lowest BCUT2D eigenvalue weighted by atomic mass is 10.0. The molecule has 0 saturated heterocycles. The topological polar surface area (TPSA) is 95.9 Å². The van der Waals surface area contributed by atoms with E-state index in [4.69, 9.17) is 4.74 Å². The number of aliphatic hydroxyl groups excluding tert-OH is 2. The van der Waals surface area contributed by atoms with Crippen LogP contribution in [0.25, 0.3) is 0 Å². The van der Waals surface area contributed by atoms with Crippen LogP contribution in [0, 0.1) is 0 Å². The third kappa shape index (κ3) is 43.4. The van der Waals surface area contributed by atoms with Gasteiger partial charge in [-0.05, 0) is 64.2 Å². The van der Waals surface area contributed by atoms with Gasteiger partial charge >= 0.3 is 5.97 Å². The largest absolute Gasteiger partial charge is 0.462 e. The molecule has 0 heterocycles. The minimum atomic E-state index is -0.807. The Kier molecular flexibility index (Phi) is 46.3. The van der Waals surface area contributed by atoms with Crippen molar-refractivity contribution >= 4 is 11.9 Å². The molecule has 1 amide bonds. The Bertz CT molecular complexity index is 1240. The highest BCUT2D eigenvalue weighted by atomic mass is 16.5. The molecule has 62 heavy (non-hydrogen) atoms. The van der Waals surface area contributed by atoms with Crippen molar-refractivity contribution in [3.8, 4) is 0 Å². The molecular formula is C56H95NO5. The van der Waals surface area contributed by atoms with Crippen LogP contribution in [-0.4, -0.2) is 46.9 Å². The zero-order chi connectivity index (χ0) is 45.2. The summed E-state index contributed by atoms with van der Waals surface area (Å²) in [5.41, 5.74) is 0. The Labute approximate surface area is 382 Å². The van der Waals surface area contributed by atoms with Gasteiger partial charge in [0.1, 0.15) is 6.10 Å². The van der Waals surface area contributed by atoms with Crippen molar-refractivity contribution in [3.63, 3.8) is 0 Å². The Morgan fingerprint density at radius 1 is 0.484 bits per heavy atom. The first-order chi connectivity index (χ1) is 30.5. The van der Waals surface area contributed by atoms with Gasteiger partial charge in [-0.3, -0.25) is 9.59 Å². The lowest BCUT2D eigenvalue weighted by molar-refractivity contribution is -0.151. The number of hydrogen-bond donors (Lipinski definition) is 3. The molecule has 3 unspecified atom stereocenters. The van der Waals surface area contributed by atoms with Crippen LogP contribution in [0.4, 0.5) is 0 Å². The Balaban J connectivity index is 4.73. The third-order valence-corrected chi connectivity index (χ3v) is 11.1. The first kappa shape index (κ1) is 58.8. The van der Waals surface area contributed by atoms with Gasteiger partial charge < -0.3 is 20.3 Å². The van der Waals surface area contributed by atoms with Crippen LogP contribution >= 0.6 is 0 Å². The van der Waals surface area contributed by atoms with E-state index in [1.165, 1.54) is 89.9 Å². The number of aliphatic hydroxyl groups is 2. The molecule has 0 spiro atoms. The second kappa shape index (κ2) is 48.8. The van der Waals surface area contributed by atoms with E-state index >= 15 is 0 Å². The monoisotopic (exact) mass is 862 g/mol. The fourth-order valence-electron chi connectivity index (χ4n) is 7.22. The molecule has 0 aliphatic rings. The Morgan fingerprint density at radius 3 is 1.40 bits per heavy atom. The Morgan fingerprint density at radius 2 is 0.903 bits per heavy atom. The summed E-state index contributed by atoms with van der Waals surface area (Å²) in [4.78, 5) is 26.1. The van der Waals surface area contributed by atoms with Gasteiger partial charge in [0, 0.05) is 6.42 Å². The number of amides is 1. The number of hydrogen-bond acceptors (Lipinski definition) is 5. The van der Waals surface area contributed by atoms with Gasteiger partial charge in [0.25, 0.3) is 0 Å². The van der Waals surface area contributed by atoms with Gasteiger partial charge in [0.05, 0.1) is 25.2 Å². The Hall–Kier alpha value is -3.22. The highest BCUT2D eigenvalue weighted by molar-refractivity contribution is 5.77. The molecule has 3 N–H and O–H groups in total. The van der Waals surface area contributed by atoms with Crippen molar-refractivity contribution in [2.75, 3.05) is 6.61 Å². The van der Waals surface area contributed by atoms with E-state index < -0.39 is 18.2 Å². The molecule has 0 aromatic heterocycles. The summed E-state index contributed by atoms with van der Waals surface area (Å²) < 4.78 is 5.91. The molecule has 0 bridgehead atoms. The third-order valence-electron chi connectivity index (χ3n) is 11.1. The highest BCUT2D eigenvalue weighted by Gasteiger charge is 2.24. The van der Waals surface area contributed by atoms with Gasteiger partial charge in [-0.1, -0.05) is 240 Å². The summed E-state index contributed by atoms with van der Waals surface area (Å²) in [5, 5.41) is 23.7. The molecule has 0 saturated carbocycles. The van der Waals surface area contributed by atoms with Crippen LogP contribution < -0.4 is 5.32 Å². The van der Waals surface area contributed by atoms with Crippen molar-refractivity contribution in [3.05, 3.63) is 97.2 Å². The maximum Gasteiger partial charge on any atom is 0.306 e. The van der Waals surface area contributed by atoms with Gasteiger partial charge in [-0.2, -0.15) is 0 Å². The molecule has 354 valence electrons. The minimum Gasteiger partial charge on any atom is -0.462 e. The fraction of sp³-hybridized carbons (Fsp3) is 0.679. The molecule has 3 atom stereocenters. The van der Waals surface area contributed by atoms with Crippen molar-refractivity contribution in [1.82, 2.24) is 5.32 Å². The molecule has 0 aromatic carbocycles. The SMILES string of the molecule is CC/C=C/C=C/C=C/CCCCCCCCCC(=O)OC(CCCCC/C=C/C=C/C=C/C=C/C=C/CCC)CC(=O)NC(CO)C(O)CCCCCCCCCCCCCC. The van der Waals surface area contributed by atoms with Gasteiger partial charge in [-0.25, -0.2) is 0 Å². The lowest BCUT2D eigenvalue weighted by Gasteiger charge is -2.24. The molecule has 0 aromatic rings. The summed E-state index contributed by atoms with van der Waals surface area (Å²) in [5.74, 6) is -0.536. The standard InChI is InChI=1S/C56H95NO5/c1-4-7-10-13-16-19-22-25-27-29-30-32-35-38-41-44-47-52(62-56(61)49-46-43-40-37-34-31-28-26-23-20-17-14-11-8-5-2)50-55(60)57-53(51-58)54(59)48-45-42-39-36-33-24-21-18-15-12-9-6-3/h8,10-11,13-14,16-17,19-20,22-23,25,27,29-30,32,52-54,58-59H,4-7,9,12,15,18,21,24,26,28,31,33-51H2,1-3H3,(H,57,60)/b11-8+,13-10+,17-14+,19-16+,23-20+,25-22+,29-27+,32-30+. The van der Waals surface area contributed by atoms with E-state index in [1.54, 1.807) is 0 Å². The van der Waals surface area contributed by atoms with E-state index in [9.17, 15) is 19.8 Å². The van der Waals surface area contributed by atoms with Crippen molar-refractivity contribution in [1.29, 1.82) is 0 Å². The molecule has 0 aliphatic heterocycles. The van der Waals surface area contributed by atoms with Crippen LogP contribution in [0.3, 0.4) is 0 Å². The van der Waals surface area contributed by atoms with Gasteiger partial charge in [0.2, 0.25) is 5.91 Å². The summed E-state index contributed by atoms with van der Waals surface area (Å²) in [6.45, 7) is 6.24. The maximum atomic E-state index is 13.2. The van der Waals surface area contributed by atoms with Crippen LogP contribution in [0.15, 0.2) is 97.2 Å². The predicted octanol–water partition coefficient (Wildman–Crippen LogP) is 15.3. The molecule has 0 rings (SSSR count). The fourth-order valence-corrected chi connectivity index (χ4v) is 7.22. The molecule has 0 radical (unpaired) electrons. The van der Waals surface area contributed by atoms with E-state index in [0.717, 1.165) is 83.5 Å². The summed E-state index contributed by atoms with van der Waals surface area (Å²) in [7, 11) is 0.